The zero-order valence-corrected chi connectivity index (χ0v) is 15.8. The first-order chi connectivity index (χ1) is 13.7. The number of anilines is 3. The first-order valence-electron chi connectivity index (χ1n) is 8.48. The molecule has 0 amide bonds. The summed E-state index contributed by atoms with van der Waals surface area (Å²) in [6.07, 6.45) is -4.79. The van der Waals surface area contributed by atoms with E-state index in [0.29, 0.717) is 29.3 Å². The minimum absolute atomic E-state index is 0.0127. The van der Waals surface area contributed by atoms with Crippen molar-refractivity contribution in [2.75, 3.05) is 17.2 Å². The van der Waals surface area contributed by atoms with Crippen LogP contribution in [0.5, 0.6) is 11.5 Å². The van der Waals surface area contributed by atoms with Crippen molar-refractivity contribution in [1.82, 2.24) is 9.97 Å². The fraction of sp³-hybridized carbons (Fsp3) is 0.158. The fourth-order valence-corrected chi connectivity index (χ4v) is 2.71. The number of hydrogen-bond donors (Lipinski definition) is 3. The molecule has 0 aliphatic carbocycles. The molecule has 0 spiro atoms. The van der Waals surface area contributed by atoms with E-state index in [0.717, 1.165) is 0 Å². The quantitative estimate of drug-likeness (QED) is 0.448. The van der Waals surface area contributed by atoms with Gasteiger partial charge in [-0.2, -0.15) is 4.98 Å². The second-order valence-corrected chi connectivity index (χ2v) is 6.26. The summed E-state index contributed by atoms with van der Waals surface area (Å²) in [4.78, 5) is 8.66. The summed E-state index contributed by atoms with van der Waals surface area (Å²) >= 11 is 6.11. The largest absolute Gasteiger partial charge is 0.573 e. The van der Waals surface area contributed by atoms with Gasteiger partial charge in [-0.1, -0.05) is 23.7 Å². The molecule has 1 heterocycles. The molecule has 3 rings (SSSR count). The van der Waals surface area contributed by atoms with Crippen LogP contribution in [-0.4, -0.2) is 28.0 Å². The van der Waals surface area contributed by atoms with Crippen molar-refractivity contribution in [3.63, 3.8) is 0 Å². The first kappa shape index (κ1) is 20.5. The highest BCUT2D eigenvalue weighted by Crippen LogP contribution is 2.31. The second-order valence-electron chi connectivity index (χ2n) is 5.86. The third kappa shape index (κ3) is 5.64. The summed E-state index contributed by atoms with van der Waals surface area (Å²) in [6.45, 7) is 2.40. The van der Waals surface area contributed by atoms with Crippen LogP contribution in [0.2, 0.25) is 5.02 Å². The molecule has 0 saturated heterocycles. The van der Waals surface area contributed by atoms with Crippen LogP contribution in [0.3, 0.4) is 0 Å². The van der Waals surface area contributed by atoms with Crippen LogP contribution < -0.4 is 15.4 Å². The molecule has 2 aromatic carbocycles. The van der Waals surface area contributed by atoms with E-state index in [4.69, 9.17) is 11.6 Å². The number of alkyl halides is 3. The Morgan fingerprint density at radius 3 is 2.59 bits per heavy atom. The van der Waals surface area contributed by atoms with E-state index in [1.807, 2.05) is 6.92 Å². The topological polar surface area (TPSA) is 79.3 Å². The zero-order chi connectivity index (χ0) is 21.0. The molecule has 0 aliphatic rings. The van der Waals surface area contributed by atoms with Gasteiger partial charge in [0.05, 0.1) is 16.4 Å². The SMILES string of the molecule is CCNc1nc(Nc2ccc(O)cc2Cl)cc(-c2cccc(OC(F)(F)F)c2)n1. The molecule has 0 bridgehead atoms. The van der Waals surface area contributed by atoms with Crippen LogP contribution in [0.25, 0.3) is 11.3 Å². The number of nitrogens with zero attached hydrogens (tertiary/aromatic N) is 2. The number of hydrogen-bond acceptors (Lipinski definition) is 6. The van der Waals surface area contributed by atoms with E-state index >= 15 is 0 Å². The van der Waals surface area contributed by atoms with Crippen molar-refractivity contribution in [3.8, 4) is 22.8 Å². The number of aromatic nitrogens is 2. The Morgan fingerprint density at radius 2 is 1.90 bits per heavy atom. The molecule has 0 aliphatic heterocycles. The number of halogens is 4. The first-order valence-corrected chi connectivity index (χ1v) is 8.86. The van der Waals surface area contributed by atoms with Crippen LogP contribution in [0.15, 0.2) is 48.5 Å². The molecule has 152 valence electrons. The van der Waals surface area contributed by atoms with Gasteiger partial charge in [-0.15, -0.1) is 13.2 Å². The van der Waals surface area contributed by atoms with Crippen molar-refractivity contribution < 1.29 is 23.0 Å². The highest BCUT2D eigenvalue weighted by molar-refractivity contribution is 6.33. The predicted octanol–water partition coefficient (Wildman–Crippen LogP) is 5.58. The summed E-state index contributed by atoms with van der Waals surface area (Å²) in [5.74, 6) is 0.304. The van der Waals surface area contributed by atoms with Gasteiger partial charge in [-0.3, -0.25) is 0 Å². The average Bonchev–Trinajstić information content (AvgIpc) is 2.63. The van der Waals surface area contributed by atoms with Crippen LogP contribution in [0.1, 0.15) is 6.92 Å². The monoisotopic (exact) mass is 424 g/mol. The molecule has 0 unspecified atom stereocenters. The number of phenols is 1. The maximum Gasteiger partial charge on any atom is 0.573 e. The van der Waals surface area contributed by atoms with E-state index in [1.165, 1.54) is 30.3 Å². The molecule has 1 aromatic heterocycles. The standard InChI is InChI=1S/C19H16ClF3N4O2/c1-2-24-18-26-16(11-4-3-5-13(8-11)29-19(21,22)23)10-17(27-18)25-15-7-6-12(28)9-14(15)20/h3-10,28H,2H2,1H3,(H2,24,25,26,27). The maximum absolute atomic E-state index is 12.5. The number of benzene rings is 2. The molecule has 6 nitrogen and oxygen atoms in total. The third-order valence-corrected chi connectivity index (χ3v) is 3.95. The van der Waals surface area contributed by atoms with Crippen LogP contribution in [0.4, 0.5) is 30.6 Å². The van der Waals surface area contributed by atoms with Gasteiger partial charge in [0.1, 0.15) is 17.3 Å². The highest BCUT2D eigenvalue weighted by Gasteiger charge is 2.31. The Morgan fingerprint density at radius 1 is 1.10 bits per heavy atom. The van der Waals surface area contributed by atoms with E-state index in [-0.39, 0.29) is 22.5 Å². The van der Waals surface area contributed by atoms with Crippen molar-refractivity contribution in [1.29, 1.82) is 0 Å². The fourth-order valence-electron chi connectivity index (χ4n) is 2.49. The minimum Gasteiger partial charge on any atom is -0.508 e. The summed E-state index contributed by atoms with van der Waals surface area (Å²) < 4.78 is 41.5. The number of phenolic OH excluding ortho intramolecular Hbond substituents is 1. The summed E-state index contributed by atoms with van der Waals surface area (Å²) in [7, 11) is 0. The lowest BCUT2D eigenvalue weighted by Gasteiger charge is -2.13. The molecule has 10 heteroatoms. The summed E-state index contributed by atoms with van der Waals surface area (Å²) in [6, 6.07) is 11.5. The van der Waals surface area contributed by atoms with Gasteiger partial charge in [-0.05, 0) is 31.2 Å². The molecule has 0 fully saturated rings. The van der Waals surface area contributed by atoms with Crippen molar-refractivity contribution >= 4 is 29.1 Å². The normalized spacial score (nSPS) is 11.2. The zero-order valence-electron chi connectivity index (χ0n) is 15.1. The number of rotatable bonds is 6. The van der Waals surface area contributed by atoms with Gasteiger partial charge in [-0.25, -0.2) is 4.98 Å². The maximum atomic E-state index is 12.5. The molecule has 0 atom stereocenters. The second kappa shape index (κ2) is 8.44. The van der Waals surface area contributed by atoms with Crippen LogP contribution in [0, 0.1) is 0 Å². The van der Waals surface area contributed by atoms with E-state index in [9.17, 15) is 18.3 Å². The number of nitrogens with one attached hydrogen (secondary N) is 2. The summed E-state index contributed by atoms with van der Waals surface area (Å²) in [5.41, 5.74) is 1.28. The minimum atomic E-state index is -4.79. The summed E-state index contributed by atoms with van der Waals surface area (Å²) in [5, 5.41) is 15.7. The van der Waals surface area contributed by atoms with E-state index in [1.54, 1.807) is 18.2 Å². The van der Waals surface area contributed by atoms with Gasteiger partial charge in [0.25, 0.3) is 0 Å². The molecule has 0 saturated carbocycles. The van der Waals surface area contributed by atoms with Crippen molar-refractivity contribution in [3.05, 3.63) is 53.6 Å². The Bertz CT molecular complexity index is 1010. The van der Waals surface area contributed by atoms with Gasteiger partial charge in [0, 0.05) is 24.2 Å². The molecule has 3 N–H and O–H groups in total. The Balaban J connectivity index is 1.98. The lowest BCUT2D eigenvalue weighted by Crippen LogP contribution is -2.17. The predicted molar refractivity (Wildman–Crippen MR) is 105 cm³/mol. The van der Waals surface area contributed by atoms with E-state index in [2.05, 4.69) is 25.3 Å². The lowest BCUT2D eigenvalue weighted by atomic mass is 10.1. The Kier molecular flexibility index (Phi) is 5.97. The average molecular weight is 425 g/mol. The Labute approximate surface area is 169 Å². The Hall–Kier alpha value is -3.20. The van der Waals surface area contributed by atoms with Gasteiger partial charge in [0.2, 0.25) is 5.95 Å². The number of ether oxygens (including phenoxy) is 1. The molecular weight excluding hydrogens is 409 g/mol. The van der Waals surface area contributed by atoms with Crippen LogP contribution in [-0.2, 0) is 0 Å². The molecular formula is C19H16ClF3N4O2. The number of aromatic hydroxyl groups is 1. The smallest absolute Gasteiger partial charge is 0.508 e. The lowest BCUT2D eigenvalue weighted by molar-refractivity contribution is -0.274. The van der Waals surface area contributed by atoms with Crippen molar-refractivity contribution in [2.24, 2.45) is 0 Å². The van der Waals surface area contributed by atoms with Gasteiger partial charge < -0.3 is 20.5 Å². The third-order valence-electron chi connectivity index (χ3n) is 3.64. The molecule has 29 heavy (non-hydrogen) atoms. The van der Waals surface area contributed by atoms with E-state index < -0.39 is 6.36 Å². The highest BCUT2D eigenvalue weighted by atomic mass is 35.5. The molecule has 3 aromatic rings. The van der Waals surface area contributed by atoms with Gasteiger partial charge >= 0.3 is 6.36 Å². The van der Waals surface area contributed by atoms with Crippen LogP contribution >= 0.6 is 11.6 Å². The van der Waals surface area contributed by atoms with Crippen molar-refractivity contribution in [2.45, 2.75) is 13.3 Å². The van der Waals surface area contributed by atoms with Gasteiger partial charge in [0.15, 0.2) is 0 Å². The molecule has 0 radical (unpaired) electrons.